The van der Waals surface area contributed by atoms with Crippen LogP contribution in [0, 0.1) is 0 Å². The van der Waals surface area contributed by atoms with Crippen molar-refractivity contribution in [1.29, 1.82) is 0 Å². The summed E-state index contributed by atoms with van der Waals surface area (Å²) in [6.07, 6.45) is 0.683. The van der Waals surface area contributed by atoms with Gasteiger partial charge in [0.05, 0.1) is 0 Å². The molecule has 0 aromatic carbocycles. The number of hydrogen-bond donors (Lipinski definition) is 2. The molecular formula is C6H11N3OS. The molecule has 0 atom stereocenters. The molecule has 0 aliphatic carbocycles. The van der Waals surface area contributed by atoms with Crippen LogP contribution in [0.2, 0.25) is 0 Å². The second-order valence-electron chi connectivity index (χ2n) is 3.05. The third-order valence-electron chi connectivity index (χ3n) is 1.40. The summed E-state index contributed by atoms with van der Waals surface area (Å²) in [5.74, 6) is 0.332. The van der Waals surface area contributed by atoms with Crippen LogP contribution in [-0.4, -0.2) is 17.1 Å². The summed E-state index contributed by atoms with van der Waals surface area (Å²) in [7, 11) is 0. The molecule has 0 aromatic rings. The van der Waals surface area contributed by atoms with Crippen LogP contribution in [0.25, 0.3) is 0 Å². The lowest BCUT2D eigenvalue weighted by Gasteiger charge is -2.12. The third kappa shape index (κ3) is 1.86. The van der Waals surface area contributed by atoms with E-state index in [1.54, 1.807) is 0 Å². The zero-order valence-electron chi connectivity index (χ0n) is 6.53. The molecule has 11 heavy (non-hydrogen) atoms. The Morgan fingerprint density at radius 2 is 2.45 bits per heavy atom. The van der Waals surface area contributed by atoms with Gasteiger partial charge in [0.25, 0.3) is 0 Å². The summed E-state index contributed by atoms with van der Waals surface area (Å²) >= 11 is 3.67. The molecule has 1 aliphatic heterocycles. The first-order chi connectivity index (χ1) is 5.05. The van der Waals surface area contributed by atoms with E-state index in [9.17, 15) is 0 Å². The maximum Gasteiger partial charge on any atom is 0.156 e. The molecule has 0 saturated heterocycles. The highest BCUT2D eigenvalue weighted by Crippen LogP contribution is 2.22. The van der Waals surface area contributed by atoms with Gasteiger partial charge >= 0.3 is 0 Å². The third-order valence-corrected chi connectivity index (χ3v) is 1.62. The van der Waals surface area contributed by atoms with Crippen LogP contribution in [-0.2, 0) is 4.84 Å². The van der Waals surface area contributed by atoms with Gasteiger partial charge in [0, 0.05) is 6.42 Å². The van der Waals surface area contributed by atoms with Gasteiger partial charge in [0.2, 0.25) is 0 Å². The fourth-order valence-corrected chi connectivity index (χ4v) is 0.957. The lowest BCUT2D eigenvalue weighted by molar-refractivity contribution is 0.0123. The quantitative estimate of drug-likeness (QED) is 0.349. The van der Waals surface area contributed by atoms with Gasteiger partial charge in [0.1, 0.15) is 11.3 Å². The number of nitrogens with zero attached hydrogens (tertiary/aromatic N) is 2. The maximum absolute atomic E-state index is 5.46. The first kappa shape index (κ1) is 8.39. The summed E-state index contributed by atoms with van der Waals surface area (Å²) in [4.78, 5) is 5.07. The lowest BCUT2D eigenvalue weighted by atomic mass is 10.0. The molecule has 0 unspecified atom stereocenters. The highest BCUT2D eigenvalue weighted by molar-refractivity contribution is 7.79. The van der Waals surface area contributed by atoms with E-state index < -0.39 is 0 Å². The van der Waals surface area contributed by atoms with Crippen molar-refractivity contribution in [1.82, 2.24) is 0 Å². The van der Waals surface area contributed by atoms with Crippen molar-refractivity contribution in [2.75, 3.05) is 0 Å². The summed E-state index contributed by atoms with van der Waals surface area (Å²) in [6, 6.07) is 0. The van der Waals surface area contributed by atoms with Gasteiger partial charge < -0.3 is 10.6 Å². The van der Waals surface area contributed by atoms with Crippen molar-refractivity contribution in [3.05, 3.63) is 0 Å². The zero-order valence-corrected chi connectivity index (χ0v) is 7.43. The molecule has 62 valence electrons. The smallest absolute Gasteiger partial charge is 0.156 e. The van der Waals surface area contributed by atoms with E-state index in [-0.39, 0.29) is 5.60 Å². The average Bonchev–Trinajstić information content (AvgIpc) is 2.29. The summed E-state index contributed by atoms with van der Waals surface area (Å²) in [5, 5.41) is 3.77. The summed E-state index contributed by atoms with van der Waals surface area (Å²) in [6.45, 7) is 3.88. The highest BCUT2D eigenvalue weighted by Gasteiger charge is 2.30. The fraction of sp³-hybridized carbons (Fsp3) is 0.667. The number of thiol groups is 1. The molecule has 2 N–H and O–H groups in total. The van der Waals surface area contributed by atoms with Crippen molar-refractivity contribution in [3.63, 3.8) is 0 Å². The van der Waals surface area contributed by atoms with Gasteiger partial charge in [-0.25, -0.2) is 4.40 Å². The van der Waals surface area contributed by atoms with Gasteiger partial charge in [-0.3, -0.25) is 0 Å². The van der Waals surface area contributed by atoms with Crippen LogP contribution in [0.5, 0.6) is 0 Å². The highest BCUT2D eigenvalue weighted by atomic mass is 32.1. The average molecular weight is 173 g/mol. The van der Waals surface area contributed by atoms with E-state index in [1.165, 1.54) is 0 Å². The van der Waals surface area contributed by atoms with Crippen LogP contribution in [0.15, 0.2) is 9.55 Å². The molecule has 1 rings (SSSR count). The Bertz CT molecular complexity index is 222. The van der Waals surface area contributed by atoms with E-state index in [2.05, 4.69) is 22.4 Å². The van der Waals surface area contributed by atoms with E-state index in [0.717, 1.165) is 0 Å². The van der Waals surface area contributed by atoms with Gasteiger partial charge in [-0.2, -0.15) is 0 Å². The Hall–Kier alpha value is -0.710. The SMILES string of the molecule is CC1(C)CC(/C(N)=N/S)=NO1. The Kier molecular flexibility index (Phi) is 2.08. The van der Waals surface area contributed by atoms with Gasteiger partial charge in [-0.1, -0.05) is 5.16 Å². The van der Waals surface area contributed by atoms with Crippen LogP contribution in [0.3, 0.4) is 0 Å². The predicted molar refractivity (Wildman–Crippen MR) is 47.8 cm³/mol. The van der Waals surface area contributed by atoms with Crippen LogP contribution in [0.4, 0.5) is 0 Å². The second-order valence-corrected chi connectivity index (χ2v) is 3.25. The monoisotopic (exact) mass is 173 g/mol. The largest absolute Gasteiger partial charge is 0.389 e. The number of amidine groups is 1. The second kappa shape index (κ2) is 2.73. The Morgan fingerprint density at radius 1 is 1.82 bits per heavy atom. The zero-order chi connectivity index (χ0) is 8.48. The van der Waals surface area contributed by atoms with Gasteiger partial charge in [0.15, 0.2) is 5.84 Å². The summed E-state index contributed by atoms with van der Waals surface area (Å²) in [5.41, 5.74) is 5.88. The Morgan fingerprint density at radius 3 is 2.82 bits per heavy atom. The van der Waals surface area contributed by atoms with E-state index in [4.69, 9.17) is 10.6 Å². The minimum absolute atomic E-state index is 0.252. The number of nitrogens with two attached hydrogens (primary N) is 1. The molecule has 0 radical (unpaired) electrons. The molecule has 0 bridgehead atoms. The molecule has 1 aliphatic rings. The molecule has 0 saturated carbocycles. The van der Waals surface area contributed by atoms with Crippen molar-refractivity contribution >= 4 is 24.4 Å². The first-order valence-corrected chi connectivity index (χ1v) is 3.68. The standard InChI is InChI=1S/C6H11N3OS/c1-6(2)3-4(8-10-6)5(7)9-11/h11H,3H2,1-2H3,(H2,7,9). The van der Waals surface area contributed by atoms with E-state index in [0.29, 0.717) is 18.0 Å². The molecule has 5 heteroatoms. The molecular weight excluding hydrogens is 162 g/mol. The lowest BCUT2D eigenvalue weighted by Crippen LogP contribution is -2.26. The minimum Gasteiger partial charge on any atom is -0.389 e. The van der Waals surface area contributed by atoms with Gasteiger partial charge in [-0.15, -0.1) is 0 Å². The van der Waals surface area contributed by atoms with E-state index in [1.807, 2.05) is 13.8 Å². The molecule has 0 fully saturated rings. The molecule has 1 heterocycles. The Labute approximate surface area is 71.0 Å². The number of oxime groups is 1. The molecule has 4 nitrogen and oxygen atoms in total. The topological polar surface area (TPSA) is 60.0 Å². The van der Waals surface area contributed by atoms with Crippen molar-refractivity contribution in [2.24, 2.45) is 15.3 Å². The fourth-order valence-electron chi connectivity index (χ4n) is 0.841. The van der Waals surface area contributed by atoms with Gasteiger partial charge in [-0.05, 0) is 26.7 Å². The normalized spacial score (nSPS) is 22.8. The molecule has 0 amide bonds. The van der Waals surface area contributed by atoms with Crippen molar-refractivity contribution in [2.45, 2.75) is 25.9 Å². The number of rotatable bonds is 1. The first-order valence-electron chi connectivity index (χ1n) is 3.28. The maximum atomic E-state index is 5.46. The minimum atomic E-state index is -0.252. The predicted octanol–water partition coefficient (Wildman–Crippen LogP) is 0.743. The Balaban J connectivity index is 2.67. The van der Waals surface area contributed by atoms with Crippen LogP contribution in [0.1, 0.15) is 20.3 Å². The van der Waals surface area contributed by atoms with Crippen molar-refractivity contribution < 1.29 is 4.84 Å². The van der Waals surface area contributed by atoms with Crippen LogP contribution < -0.4 is 5.73 Å². The number of hydrogen-bond acceptors (Lipinski definition) is 4. The molecule has 0 spiro atoms. The molecule has 0 aromatic heterocycles. The van der Waals surface area contributed by atoms with Crippen molar-refractivity contribution in [3.8, 4) is 0 Å². The van der Waals surface area contributed by atoms with Crippen LogP contribution >= 0.6 is 12.8 Å². The summed E-state index contributed by atoms with van der Waals surface area (Å²) < 4.78 is 3.51. The van der Waals surface area contributed by atoms with E-state index >= 15 is 0 Å².